The molecule has 19 heavy (non-hydrogen) atoms. The van der Waals surface area contributed by atoms with Crippen molar-refractivity contribution in [3.63, 3.8) is 0 Å². The van der Waals surface area contributed by atoms with Crippen molar-refractivity contribution in [2.45, 2.75) is 58.2 Å². The van der Waals surface area contributed by atoms with E-state index in [0.29, 0.717) is 25.7 Å². The van der Waals surface area contributed by atoms with Gasteiger partial charge in [-0.15, -0.1) is 0 Å². The molecule has 1 N–H and O–H groups in total. The van der Waals surface area contributed by atoms with Gasteiger partial charge in [0.25, 0.3) is 0 Å². The van der Waals surface area contributed by atoms with Crippen LogP contribution in [0.1, 0.15) is 46.5 Å². The molecular formula is C14H24O5. The van der Waals surface area contributed by atoms with Gasteiger partial charge in [-0.2, -0.15) is 0 Å². The van der Waals surface area contributed by atoms with E-state index in [9.17, 15) is 9.59 Å². The van der Waals surface area contributed by atoms with E-state index < -0.39 is 17.7 Å². The number of carboxylic acid groups (broad SMARTS) is 1. The van der Waals surface area contributed by atoms with Gasteiger partial charge in [-0.1, -0.05) is 0 Å². The van der Waals surface area contributed by atoms with Gasteiger partial charge in [0.2, 0.25) is 0 Å². The number of carboxylic acids is 1. The third kappa shape index (κ3) is 4.82. The van der Waals surface area contributed by atoms with Gasteiger partial charge >= 0.3 is 11.9 Å². The van der Waals surface area contributed by atoms with Crippen LogP contribution in [0.2, 0.25) is 0 Å². The molecule has 1 fully saturated rings. The Balaban J connectivity index is 2.57. The van der Waals surface area contributed by atoms with E-state index in [1.54, 1.807) is 0 Å². The zero-order valence-corrected chi connectivity index (χ0v) is 12.1. The van der Waals surface area contributed by atoms with Crippen molar-refractivity contribution in [1.82, 2.24) is 0 Å². The molecule has 1 aliphatic rings. The second-order valence-corrected chi connectivity index (χ2v) is 6.14. The SMILES string of the molecule is COC(C(=O)OC(C)(C)C)C1CCC(C(=O)O)CC1. The van der Waals surface area contributed by atoms with Crippen LogP contribution in [0.5, 0.6) is 0 Å². The second-order valence-electron chi connectivity index (χ2n) is 6.14. The number of ether oxygens (including phenoxy) is 2. The maximum atomic E-state index is 12.0. The lowest BCUT2D eigenvalue weighted by Gasteiger charge is -2.32. The smallest absolute Gasteiger partial charge is 0.336 e. The topological polar surface area (TPSA) is 72.8 Å². The summed E-state index contributed by atoms with van der Waals surface area (Å²) in [6, 6.07) is 0. The molecule has 0 radical (unpaired) electrons. The number of hydrogen-bond donors (Lipinski definition) is 1. The van der Waals surface area contributed by atoms with E-state index in [2.05, 4.69) is 0 Å². The largest absolute Gasteiger partial charge is 0.481 e. The zero-order chi connectivity index (χ0) is 14.6. The Bertz CT molecular complexity index is 323. The molecule has 0 aromatic heterocycles. The average molecular weight is 272 g/mol. The lowest BCUT2D eigenvalue weighted by atomic mass is 9.79. The number of carbonyl (C=O) groups is 2. The Morgan fingerprint density at radius 1 is 1.16 bits per heavy atom. The molecule has 0 saturated heterocycles. The van der Waals surface area contributed by atoms with Gasteiger partial charge in [0, 0.05) is 7.11 Å². The van der Waals surface area contributed by atoms with Crippen LogP contribution < -0.4 is 0 Å². The minimum absolute atomic E-state index is 0.0513. The van der Waals surface area contributed by atoms with Gasteiger partial charge in [-0.05, 0) is 52.4 Å². The summed E-state index contributed by atoms with van der Waals surface area (Å²) >= 11 is 0. The first-order valence-electron chi connectivity index (χ1n) is 6.73. The van der Waals surface area contributed by atoms with Crippen molar-refractivity contribution in [1.29, 1.82) is 0 Å². The molecule has 1 rings (SSSR count). The molecule has 0 heterocycles. The monoisotopic (exact) mass is 272 g/mol. The van der Waals surface area contributed by atoms with Crippen molar-refractivity contribution in [2.24, 2.45) is 11.8 Å². The van der Waals surface area contributed by atoms with E-state index in [0.717, 1.165) is 0 Å². The number of hydrogen-bond acceptors (Lipinski definition) is 4. The van der Waals surface area contributed by atoms with Crippen molar-refractivity contribution >= 4 is 11.9 Å². The number of esters is 1. The van der Waals surface area contributed by atoms with Crippen LogP contribution in [-0.2, 0) is 19.1 Å². The summed E-state index contributed by atoms with van der Waals surface area (Å²) in [5.74, 6) is -1.33. The van der Waals surface area contributed by atoms with E-state index in [1.165, 1.54) is 7.11 Å². The first-order valence-corrected chi connectivity index (χ1v) is 6.73. The van der Waals surface area contributed by atoms with Gasteiger partial charge in [-0.25, -0.2) is 4.79 Å². The normalized spacial score (nSPS) is 25.7. The van der Waals surface area contributed by atoms with E-state index in [1.807, 2.05) is 20.8 Å². The minimum Gasteiger partial charge on any atom is -0.481 e. The Hall–Kier alpha value is -1.10. The summed E-state index contributed by atoms with van der Waals surface area (Å²) in [4.78, 5) is 22.9. The molecule has 0 aromatic carbocycles. The zero-order valence-electron chi connectivity index (χ0n) is 12.1. The third-order valence-electron chi connectivity index (χ3n) is 3.44. The Morgan fingerprint density at radius 2 is 1.68 bits per heavy atom. The summed E-state index contributed by atoms with van der Waals surface area (Å²) in [5.41, 5.74) is -0.536. The van der Waals surface area contributed by atoms with Crippen molar-refractivity contribution < 1.29 is 24.2 Å². The Kier molecular flexibility index (Phi) is 5.35. The molecule has 0 aromatic rings. The van der Waals surface area contributed by atoms with Crippen LogP contribution in [0.3, 0.4) is 0 Å². The fourth-order valence-electron chi connectivity index (χ4n) is 2.51. The quantitative estimate of drug-likeness (QED) is 0.794. The summed E-state index contributed by atoms with van der Waals surface area (Å²) in [6.45, 7) is 5.46. The van der Waals surface area contributed by atoms with Crippen molar-refractivity contribution in [2.75, 3.05) is 7.11 Å². The molecule has 1 aliphatic carbocycles. The minimum atomic E-state index is -0.746. The van der Waals surface area contributed by atoms with Gasteiger partial charge in [0.15, 0.2) is 6.10 Å². The maximum absolute atomic E-state index is 12.0. The lowest BCUT2D eigenvalue weighted by Crippen LogP contribution is -2.39. The molecule has 1 saturated carbocycles. The van der Waals surface area contributed by atoms with Crippen LogP contribution in [0, 0.1) is 11.8 Å². The number of aliphatic carboxylic acids is 1. The van der Waals surface area contributed by atoms with Gasteiger partial charge in [0.1, 0.15) is 5.60 Å². The number of carbonyl (C=O) groups excluding carboxylic acids is 1. The summed E-state index contributed by atoms with van der Waals surface area (Å²) in [5, 5.41) is 8.96. The highest BCUT2D eigenvalue weighted by atomic mass is 16.6. The van der Waals surface area contributed by atoms with Gasteiger partial charge in [-0.3, -0.25) is 4.79 Å². The van der Waals surface area contributed by atoms with E-state index in [4.69, 9.17) is 14.6 Å². The van der Waals surface area contributed by atoms with Crippen LogP contribution in [0.4, 0.5) is 0 Å². The fraction of sp³-hybridized carbons (Fsp3) is 0.857. The Labute approximate surface area is 114 Å². The second kappa shape index (κ2) is 6.37. The molecule has 0 aliphatic heterocycles. The molecule has 0 spiro atoms. The van der Waals surface area contributed by atoms with E-state index >= 15 is 0 Å². The summed E-state index contributed by atoms with van der Waals surface area (Å²) in [7, 11) is 1.50. The van der Waals surface area contributed by atoms with Crippen molar-refractivity contribution in [3.8, 4) is 0 Å². The molecule has 110 valence electrons. The number of methoxy groups -OCH3 is 1. The van der Waals surface area contributed by atoms with Crippen LogP contribution in [0.15, 0.2) is 0 Å². The first-order chi connectivity index (χ1) is 8.74. The van der Waals surface area contributed by atoms with E-state index in [-0.39, 0.29) is 17.8 Å². The van der Waals surface area contributed by atoms with Crippen molar-refractivity contribution in [3.05, 3.63) is 0 Å². The predicted molar refractivity (Wildman–Crippen MR) is 69.7 cm³/mol. The molecule has 0 amide bonds. The van der Waals surface area contributed by atoms with Gasteiger partial charge in [0.05, 0.1) is 5.92 Å². The van der Waals surface area contributed by atoms with Crippen LogP contribution >= 0.6 is 0 Å². The third-order valence-corrected chi connectivity index (χ3v) is 3.44. The molecule has 5 heteroatoms. The molecule has 5 nitrogen and oxygen atoms in total. The highest BCUT2D eigenvalue weighted by Crippen LogP contribution is 2.32. The summed E-state index contributed by atoms with van der Waals surface area (Å²) in [6.07, 6.45) is 1.99. The standard InChI is InChI=1S/C14H24O5/c1-14(2,3)19-13(17)11(18-4)9-5-7-10(8-6-9)12(15)16/h9-11H,5-8H2,1-4H3,(H,15,16). The molecule has 1 atom stereocenters. The molecule has 1 unspecified atom stereocenters. The fourth-order valence-corrected chi connectivity index (χ4v) is 2.51. The highest BCUT2D eigenvalue weighted by molar-refractivity contribution is 5.75. The Morgan fingerprint density at radius 3 is 2.05 bits per heavy atom. The first kappa shape index (κ1) is 16.0. The number of rotatable bonds is 4. The average Bonchev–Trinajstić information content (AvgIpc) is 2.28. The highest BCUT2D eigenvalue weighted by Gasteiger charge is 2.36. The predicted octanol–water partition coefficient (Wildman–Crippen LogP) is 2.23. The maximum Gasteiger partial charge on any atom is 0.336 e. The van der Waals surface area contributed by atoms with Crippen LogP contribution in [0.25, 0.3) is 0 Å². The molecule has 0 bridgehead atoms. The molecular weight excluding hydrogens is 248 g/mol. The van der Waals surface area contributed by atoms with Gasteiger partial charge < -0.3 is 14.6 Å². The lowest BCUT2D eigenvalue weighted by molar-refractivity contribution is -0.171. The summed E-state index contributed by atoms with van der Waals surface area (Å²) < 4.78 is 10.6. The van der Waals surface area contributed by atoms with Crippen LogP contribution in [-0.4, -0.2) is 35.9 Å².